The Kier molecular flexibility index (Phi) is 3.55. The van der Waals surface area contributed by atoms with Gasteiger partial charge in [-0.1, -0.05) is 6.07 Å². The minimum Gasteiger partial charge on any atom is -0.346 e. The highest BCUT2D eigenvalue weighted by Gasteiger charge is 2.05. The van der Waals surface area contributed by atoms with Crippen LogP contribution in [0.3, 0.4) is 0 Å². The predicted molar refractivity (Wildman–Crippen MR) is 68.9 cm³/mol. The van der Waals surface area contributed by atoms with Gasteiger partial charge < -0.3 is 5.32 Å². The average molecular weight is 327 g/mol. The van der Waals surface area contributed by atoms with Crippen molar-refractivity contribution in [1.82, 2.24) is 15.5 Å². The van der Waals surface area contributed by atoms with Gasteiger partial charge >= 0.3 is 0 Å². The molecule has 2 aromatic rings. The fourth-order valence-corrected chi connectivity index (χ4v) is 1.83. The quantitative estimate of drug-likeness (QED) is 0.847. The van der Waals surface area contributed by atoms with E-state index in [4.69, 9.17) is 0 Å². The highest BCUT2D eigenvalue weighted by molar-refractivity contribution is 14.1. The number of hydrogen-bond acceptors (Lipinski definition) is 2. The number of aromatic nitrogens is 2. The summed E-state index contributed by atoms with van der Waals surface area (Å²) in [5, 5.41) is 9.41. The molecule has 16 heavy (non-hydrogen) atoms. The van der Waals surface area contributed by atoms with E-state index in [1.54, 1.807) is 12.3 Å². The Balaban J connectivity index is 1.98. The first-order valence-corrected chi connectivity index (χ1v) is 5.85. The third-order valence-corrected chi connectivity index (χ3v) is 2.76. The van der Waals surface area contributed by atoms with E-state index < -0.39 is 0 Å². The van der Waals surface area contributed by atoms with Gasteiger partial charge in [-0.2, -0.15) is 5.10 Å². The number of amides is 1. The van der Waals surface area contributed by atoms with E-state index in [2.05, 4.69) is 38.1 Å². The van der Waals surface area contributed by atoms with E-state index in [0.717, 1.165) is 9.26 Å². The fraction of sp³-hybridized carbons (Fsp3) is 0.0909. The lowest BCUT2D eigenvalue weighted by Crippen LogP contribution is -2.22. The van der Waals surface area contributed by atoms with Gasteiger partial charge in [-0.05, 0) is 46.9 Å². The monoisotopic (exact) mass is 327 g/mol. The fourth-order valence-electron chi connectivity index (χ4n) is 1.29. The Labute approximate surface area is 107 Å². The first-order valence-electron chi connectivity index (χ1n) is 4.78. The molecule has 0 saturated heterocycles. The van der Waals surface area contributed by atoms with Crippen LogP contribution in [0.5, 0.6) is 0 Å². The molecule has 0 bridgehead atoms. The number of H-pyrrole nitrogens is 1. The van der Waals surface area contributed by atoms with Gasteiger partial charge in [-0.3, -0.25) is 9.89 Å². The van der Waals surface area contributed by atoms with E-state index in [9.17, 15) is 4.79 Å². The van der Waals surface area contributed by atoms with Crippen LogP contribution < -0.4 is 5.32 Å². The molecule has 0 aliphatic carbocycles. The van der Waals surface area contributed by atoms with Gasteiger partial charge in [0.05, 0.1) is 12.2 Å². The first kappa shape index (κ1) is 11.1. The Hall–Kier alpha value is -1.37. The molecule has 0 saturated carbocycles. The van der Waals surface area contributed by atoms with Crippen molar-refractivity contribution in [3.8, 4) is 0 Å². The standard InChI is InChI=1S/C11H10IN3O/c12-9-3-1-2-8(6-9)11(16)13-7-10-4-5-14-15-10/h1-6H,7H2,(H,13,16)(H,14,15). The minimum atomic E-state index is -0.0758. The maximum atomic E-state index is 11.7. The second kappa shape index (κ2) is 5.11. The number of rotatable bonds is 3. The van der Waals surface area contributed by atoms with Gasteiger partial charge in [0, 0.05) is 15.3 Å². The molecule has 0 aliphatic heterocycles. The largest absolute Gasteiger partial charge is 0.346 e. The smallest absolute Gasteiger partial charge is 0.251 e. The zero-order valence-electron chi connectivity index (χ0n) is 8.40. The summed E-state index contributed by atoms with van der Waals surface area (Å²) in [6, 6.07) is 9.29. The number of nitrogens with zero attached hydrogens (tertiary/aromatic N) is 1. The van der Waals surface area contributed by atoms with Crippen LogP contribution in [0.25, 0.3) is 0 Å². The third-order valence-electron chi connectivity index (χ3n) is 2.08. The lowest BCUT2D eigenvalue weighted by Gasteiger charge is -2.03. The molecule has 1 heterocycles. The molecule has 0 fully saturated rings. The van der Waals surface area contributed by atoms with Gasteiger partial charge in [0.15, 0.2) is 0 Å². The van der Waals surface area contributed by atoms with Crippen LogP contribution in [0.4, 0.5) is 0 Å². The van der Waals surface area contributed by atoms with Crippen molar-refractivity contribution in [2.75, 3.05) is 0 Å². The van der Waals surface area contributed by atoms with Gasteiger partial charge in [-0.15, -0.1) is 0 Å². The van der Waals surface area contributed by atoms with E-state index in [1.807, 2.05) is 24.3 Å². The Morgan fingerprint density at radius 2 is 2.31 bits per heavy atom. The normalized spacial score (nSPS) is 10.1. The molecule has 0 unspecified atom stereocenters. The lowest BCUT2D eigenvalue weighted by atomic mass is 10.2. The summed E-state index contributed by atoms with van der Waals surface area (Å²) in [6.45, 7) is 0.463. The number of benzene rings is 1. The summed E-state index contributed by atoms with van der Waals surface area (Å²) < 4.78 is 1.05. The SMILES string of the molecule is O=C(NCc1ccn[nH]1)c1cccc(I)c1. The first-order chi connectivity index (χ1) is 7.75. The van der Waals surface area contributed by atoms with Crippen LogP contribution in [0.2, 0.25) is 0 Å². The molecule has 82 valence electrons. The molecule has 1 amide bonds. The van der Waals surface area contributed by atoms with Crippen molar-refractivity contribution < 1.29 is 4.79 Å². The van der Waals surface area contributed by atoms with Gasteiger partial charge in [0.2, 0.25) is 0 Å². The molecular weight excluding hydrogens is 317 g/mol. The average Bonchev–Trinajstić information content (AvgIpc) is 2.78. The predicted octanol–water partition coefficient (Wildman–Crippen LogP) is 1.94. The van der Waals surface area contributed by atoms with Gasteiger partial charge in [0.1, 0.15) is 0 Å². The molecule has 0 atom stereocenters. The number of halogens is 1. The molecule has 5 heteroatoms. The second-order valence-electron chi connectivity index (χ2n) is 3.27. The van der Waals surface area contributed by atoms with Crippen molar-refractivity contribution in [2.45, 2.75) is 6.54 Å². The molecule has 0 spiro atoms. The summed E-state index contributed by atoms with van der Waals surface area (Å²) >= 11 is 2.18. The molecular formula is C11H10IN3O. The van der Waals surface area contributed by atoms with Crippen LogP contribution >= 0.6 is 22.6 Å². The van der Waals surface area contributed by atoms with Crippen LogP contribution in [0.15, 0.2) is 36.5 Å². The molecule has 4 nitrogen and oxygen atoms in total. The van der Waals surface area contributed by atoms with Gasteiger partial charge in [0.25, 0.3) is 5.91 Å². The number of aromatic amines is 1. The molecule has 1 aromatic carbocycles. The lowest BCUT2D eigenvalue weighted by molar-refractivity contribution is 0.0950. The highest BCUT2D eigenvalue weighted by Crippen LogP contribution is 2.07. The molecule has 2 N–H and O–H groups in total. The Morgan fingerprint density at radius 3 is 3.00 bits per heavy atom. The van der Waals surface area contributed by atoms with Crippen molar-refractivity contribution in [2.24, 2.45) is 0 Å². The number of hydrogen-bond donors (Lipinski definition) is 2. The molecule has 0 radical (unpaired) electrons. The summed E-state index contributed by atoms with van der Waals surface area (Å²) in [4.78, 5) is 11.7. The van der Waals surface area contributed by atoms with Gasteiger partial charge in [-0.25, -0.2) is 0 Å². The molecule has 1 aromatic heterocycles. The van der Waals surface area contributed by atoms with E-state index in [0.29, 0.717) is 12.1 Å². The van der Waals surface area contributed by atoms with Crippen LogP contribution in [-0.4, -0.2) is 16.1 Å². The maximum Gasteiger partial charge on any atom is 0.251 e. The van der Waals surface area contributed by atoms with Crippen LogP contribution in [0.1, 0.15) is 16.1 Å². The summed E-state index contributed by atoms with van der Waals surface area (Å²) in [5.41, 5.74) is 1.56. The van der Waals surface area contributed by atoms with Crippen molar-refractivity contribution in [1.29, 1.82) is 0 Å². The second-order valence-corrected chi connectivity index (χ2v) is 4.52. The number of nitrogens with one attached hydrogen (secondary N) is 2. The number of carbonyl (C=O) groups is 1. The summed E-state index contributed by atoms with van der Waals surface area (Å²) in [6.07, 6.45) is 1.66. The zero-order valence-corrected chi connectivity index (χ0v) is 10.6. The molecule has 2 rings (SSSR count). The van der Waals surface area contributed by atoms with E-state index in [-0.39, 0.29) is 5.91 Å². The Bertz CT molecular complexity index is 482. The van der Waals surface area contributed by atoms with Crippen LogP contribution in [-0.2, 0) is 6.54 Å². The van der Waals surface area contributed by atoms with Crippen molar-refractivity contribution in [3.63, 3.8) is 0 Å². The van der Waals surface area contributed by atoms with Crippen LogP contribution in [0, 0.1) is 3.57 Å². The summed E-state index contributed by atoms with van der Waals surface area (Å²) in [5.74, 6) is -0.0758. The number of carbonyl (C=O) groups excluding carboxylic acids is 1. The minimum absolute atomic E-state index is 0.0758. The van der Waals surface area contributed by atoms with Crippen molar-refractivity contribution >= 4 is 28.5 Å². The third kappa shape index (κ3) is 2.82. The Morgan fingerprint density at radius 1 is 1.44 bits per heavy atom. The molecule has 0 aliphatic rings. The van der Waals surface area contributed by atoms with E-state index >= 15 is 0 Å². The highest BCUT2D eigenvalue weighted by atomic mass is 127. The van der Waals surface area contributed by atoms with E-state index in [1.165, 1.54) is 0 Å². The maximum absolute atomic E-state index is 11.7. The van der Waals surface area contributed by atoms with Crippen molar-refractivity contribution in [3.05, 3.63) is 51.4 Å². The zero-order chi connectivity index (χ0) is 11.4. The topological polar surface area (TPSA) is 57.8 Å². The summed E-state index contributed by atoms with van der Waals surface area (Å²) in [7, 11) is 0.